The number of hydrogen-bond donors (Lipinski definition) is 9. The van der Waals surface area contributed by atoms with Gasteiger partial charge in [0.1, 0.15) is 24.1 Å². The number of ketones is 1. The van der Waals surface area contributed by atoms with Crippen molar-refractivity contribution in [2.45, 2.75) is 209 Å². The lowest BCUT2D eigenvalue weighted by Crippen LogP contribution is -2.24. The van der Waals surface area contributed by atoms with Gasteiger partial charge in [-0.1, -0.05) is 131 Å². The quantitative estimate of drug-likeness (QED) is 0.0243. The summed E-state index contributed by atoms with van der Waals surface area (Å²) >= 11 is 0. The molecule has 0 bridgehead atoms. The molecule has 0 aromatic rings. The Labute approximate surface area is 348 Å². The van der Waals surface area contributed by atoms with Crippen LogP contribution in [0.1, 0.15) is 161 Å². The zero-order valence-electron chi connectivity index (χ0n) is 34.5. The summed E-state index contributed by atoms with van der Waals surface area (Å²) in [5, 5.41) is 87.2. The Morgan fingerprint density at radius 2 is 1.02 bits per heavy atom. The molecule has 0 rings (SSSR count). The van der Waals surface area contributed by atoms with Gasteiger partial charge in [-0.25, -0.2) is 4.79 Å². The van der Waals surface area contributed by atoms with Crippen LogP contribution in [0, 0.1) is 47.9 Å². The van der Waals surface area contributed by atoms with Gasteiger partial charge < -0.3 is 46.0 Å². The third kappa shape index (κ3) is 35.7. The van der Waals surface area contributed by atoms with Crippen molar-refractivity contribution in [2.24, 2.45) is 0 Å². The molecule has 8 unspecified atom stereocenters. The fourth-order valence-electron chi connectivity index (χ4n) is 6.00. The van der Waals surface area contributed by atoms with E-state index in [-0.39, 0.29) is 12.2 Å². The molecule has 11 heteroatoms. The molecule has 0 amide bonds. The Kier molecular flexibility index (Phi) is 35.5. The van der Waals surface area contributed by atoms with Crippen molar-refractivity contribution >= 4 is 11.8 Å². The van der Waals surface area contributed by atoms with Crippen molar-refractivity contribution in [2.75, 3.05) is 0 Å². The van der Waals surface area contributed by atoms with E-state index in [0.717, 1.165) is 83.5 Å². The van der Waals surface area contributed by atoms with Gasteiger partial charge in [-0.15, -0.1) is 6.42 Å². The fourth-order valence-corrected chi connectivity index (χ4v) is 6.00. The maximum Gasteiger partial charge on any atom is 0.381 e. The molecule has 0 spiro atoms. The van der Waals surface area contributed by atoms with Gasteiger partial charge in [0, 0.05) is 25.2 Å². The Hall–Kier alpha value is -3.46. The smallest absolute Gasteiger partial charge is 0.381 e. The first-order chi connectivity index (χ1) is 27.8. The molecule has 0 saturated heterocycles. The van der Waals surface area contributed by atoms with Gasteiger partial charge >= 0.3 is 5.97 Å². The Morgan fingerprint density at radius 1 is 0.517 bits per heavy atom. The van der Waals surface area contributed by atoms with Crippen LogP contribution in [0.4, 0.5) is 0 Å². The number of allylic oxidation sites excluding steroid dienone is 1. The number of rotatable bonds is 33. The molecule has 8 atom stereocenters. The summed E-state index contributed by atoms with van der Waals surface area (Å²) in [6, 6.07) is 0. The lowest BCUT2D eigenvalue weighted by Gasteiger charge is -2.13. The Balaban J connectivity index is 3.75. The number of aliphatic hydroxyl groups excluding tert-OH is 8. The van der Waals surface area contributed by atoms with Crippen LogP contribution >= 0.6 is 0 Å². The summed E-state index contributed by atoms with van der Waals surface area (Å²) in [7, 11) is 0. The summed E-state index contributed by atoms with van der Waals surface area (Å²) in [6.45, 7) is 0. The zero-order valence-corrected chi connectivity index (χ0v) is 34.5. The molecular weight excluding hydrogens is 741 g/mol. The minimum atomic E-state index is -1.37. The largest absolute Gasteiger partial charge is 0.472 e. The number of carbonyl (C=O) groups excluding carboxylic acids is 1. The monoisotopic (exact) mass is 813 g/mol. The number of Topliss-reactive ketones (excluding diaryl/α,β-unsaturated/α-hetero) is 1. The number of carbonyl (C=O) groups is 2. The van der Waals surface area contributed by atoms with E-state index in [1.807, 2.05) is 18.1 Å². The van der Waals surface area contributed by atoms with Gasteiger partial charge in [0.05, 0.1) is 24.4 Å². The Bertz CT molecular complexity index is 1370. The molecule has 326 valence electrons. The third-order valence-electron chi connectivity index (χ3n) is 9.54. The molecule has 0 aromatic carbocycles. The maximum absolute atomic E-state index is 12.2. The van der Waals surface area contributed by atoms with Crippen LogP contribution < -0.4 is 0 Å². The zero-order chi connectivity index (χ0) is 43.2. The summed E-state index contributed by atoms with van der Waals surface area (Å²) in [5.41, 5.74) is 0. The highest BCUT2D eigenvalue weighted by molar-refractivity contribution is 5.86. The molecule has 11 nitrogen and oxygen atoms in total. The second-order valence-corrected chi connectivity index (χ2v) is 14.9. The molecule has 0 radical (unpaired) electrons. The van der Waals surface area contributed by atoms with E-state index in [0.29, 0.717) is 38.5 Å². The molecular formula is C47H72O11. The summed E-state index contributed by atoms with van der Waals surface area (Å²) in [4.78, 5) is 22.6. The fraction of sp³-hybridized carbons (Fsp3) is 0.702. The third-order valence-corrected chi connectivity index (χ3v) is 9.54. The van der Waals surface area contributed by atoms with Gasteiger partial charge in [-0.05, 0) is 70.3 Å². The van der Waals surface area contributed by atoms with Crippen molar-refractivity contribution in [1.82, 2.24) is 0 Å². The van der Waals surface area contributed by atoms with Gasteiger partial charge in [-0.3, -0.25) is 4.79 Å². The van der Waals surface area contributed by atoms with E-state index < -0.39 is 54.8 Å². The minimum Gasteiger partial charge on any atom is -0.472 e. The lowest BCUT2D eigenvalue weighted by atomic mass is 10.0. The van der Waals surface area contributed by atoms with Crippen LogP contribution in [0.3, 0.4) is 0 Å². The van der Waals surface area contributed by atoms with Crippen LogP contribution in [0.2, 0.25) is 0 Å². The minimum absolute atomic E-state index is 0.181. The molecule has 0 fully saturated rings. The number of terminal acetylenes is 1. The number of aliphatic hydroxyl groups is 8. The second-order valence-electron chi connectivity index (χ2n) is 14.9. The van der Waals surface area contributed by atoms with E-state index in [1.54, 1.807) is 0 Å². The van der Waals surface area contributed by atoms with Crippen molar-refractivity contribution in [3.05, 3.63) is 24.3 Å². The van der Waals surface area contributed by atoms with Crippen LogP contribution in [-0.4, -0.2) is 107 Å². The molecule has 0 aliphatic rings. The summed E-state index contributed by atoms with van der Waals surface area (Å²) < 4.78 is 0. The van der Waals surface area contributed by atoms with E-state index in [1.165, 1.54) is 44.3 Å². The van der Waals surface area contributed by atoms with Crippen molar-refractivity contribution in [1.29, 1.82) is 0 Å². The van der Waals surface area contributed by atoms with Gasteiger partial charge in [0.25, 0.3) is 0 Å². The SMILES string of the molecule is C#CC(O)/C=C/C(O)CCCC(O)C(O)C#CC(O)C#CCCCCC(=O)CCCCC/C=C/C(O)CCCCCCCCCCCCCC(O)C(O)C#CC(=O)O. The van der Waals surface area contributed by atoms with Gasteiger partial charge in [0.2, 0.25) is 0 Å². The number of unbranched alkanes of at least 4 members (excludes halogenated alkanes) is 15. The van der Waals surface area contributed by atoms with E-state index in [9.17, 15) is 50.4 Å². The summed E-state index contributed by atoms with van der Waals surface area (Å²) in [6.07, 6.45) is 24.0. The van der Waals surface area contributed by atoms with Gasteiger partial charge in [0.15, 0.2) is 6.10 Å². The average Bonchev–Trinajstić information content (AvgIpc) is 3.20. The number of carboxylic acid groups (broad SMARTS) is 1. The molecule has 0 saturated carbocycles. The molecule has 0 heterocycles. The first-order valence-electron chi connectivity index (χ1n) is 21.4. The van der Waals surface area contributed by atoms with Crippen molar-refractivity contribution in [3.63, 3.8) is 0 Å². The normalized spacial score (nSPS) is 15.4. The predicted molar refractivity (Wildman–Crippen MR) is 227 cm³/mol. The lowest BCUT2D eigenvalue weighted by molar-refractivity contribution is -0.130. The maximum atomic E-state index is 12.2. The van der Waals surface area contributed by atoms with E-state index >= 15 is 0 Å². The van der Waals surface area contributed by atoms with Crippen molar-refractivity contribution < 1.29 is 55.5 Å². The second kappa shape index (κ2) is 37.8. The number of hydrogen-bond acceptors (Lipinski definition) is 10. The first kappa shape index (κ1) is 54.5. The molecule has 58 heavy (non-hydrogen) atoms. The van der Waals surface area contributed by atoms with Crippen LogP contribution in [0.5, 0.6) is 0 Å². The topological polar surface area (TPSA) is 216 Å². The highest BCUT2D eigenvalue weighted by atomic mass is 16.4. The predicted octanol–water partition coefficient (Wildman–Crippen LogP) is 5.04. The van der Waals surface area contributed by atoms with E-state index in [2.05, 4.69) is 35.5 Å². The highest BCUT2D eigenvalue weighted by Gasteiger charge is 2.15. The van der Waals surface area contributed by atoms with Crippen LogP contribution in [-0.2, 0) is 9.59 Å². The average molecular weight is 813 g/mol. The molecule has 9 N–H and O–H groups in total. The molecule has 0 aliphatic carbocycles. The highest BCUT2D eigenvalue weighted by Crippen LogP contribution is 2.15. The first-order valence-corrected chi connectivity index (χ1v) is 21.4. The van der Waals surface area contributed by atoms with Gasteiger partial charge in [-0.2, -0.15) is 0 Å². The summed E-state index contributed by atoms with van der Waals surface area (Å²) in [5.74, 6) is 15.2. The standard InChI is InChI=1S/C47H72O11/c1-2-38(48)32-33-42(52)29-23-31-44(54)45(55)35-34-41(51)28-21-16-15-20-27-40(50)26-19-13-10-12-18-25-39(49)24-17-11-8-6-4-3-5-7-9-14-22-30-43(53)46(56)36-37-47(57)58/h1,18,25,32-33,38-39,41-46,48-49,51-56H,3-17,19-20,22-24,26-27,29-31H2,(H,57,58)/b25-18+,33-32+. The molecule has 0 aromatic heterocycles. The Morgan fingerprint density at radius 3 is 1.62 bits per heavy atom. The van der Waals surface area contributed by atoms with Crippen LogP contribution in [0.25, 0.3) is 0 Å². The van der Waals surface area contributed by atoms with Crippen molar-refractivity contribution in [3.8, 4) is 47.9 Å². The number of aliphatic carboxylic acids is 1. The van der Waals surface area contributed by atoms with Crippen LogP contribution in [0.15, 0.2) is 24.3 Å². The number of carboxylic acids is 1. The molecule has 0 aliphatic heterocycles. The van der Waals surface area contributed by atoms with E-state index in [4.69, 9.17) is 11.5 Å².